The molecule has 1 aliphatic carbocycles. The predicted octanol–water partition coefficient (Wildman–Crippen LogP) is 3.87. The largest absolute Gasteiger partial charge is 0.445 e. The quantitative estimate of drug-likeness (QED) is 0.792. The SMILES string of the molecule is CC1=C(CCNC(=O)OCC(Cl)(Cl)Cl)C(=O)c2ccccc2C1=O. The van der Waals surface area contributed by atoms with Gasteiger partial charge >= 0.3 is 6.09 Å². The van der Waals surface area contributed by atoms with Crippen LogP contribution >= 0.6 is 34.8 Å². The molecule has 8 heteroatoms. The summed E-state index contributed by atoms with van der Waals surface area (Å²) in [6, 6.07) is 6.66. The van der Waals surface area contributed by atoms with Crippen LogP contribution in [-0.4, -0.2) is 34.6 Å². The van der Waals surface area contributed by atoms with E-state index in [0.29, 0.717) is 22.3 Å². The van der Waals surface area contributed by atoms with Gasteiger partial charge in [0.25, 0.3) is 0 Å². The fourth-order valence-electron chi connectivity index (χ4n) is 2.34. The minimum Gasteiger partial charge on any atom is -0.445 e. The van der Waals surface area contributed by atoms with E-state index in [2.05, 4.69) is 5.32 Å². The third-order valence-corrected chi connectivity index (χ3v) is 3.82. The molecule has 1 aromatic carbocycles. The lowest BCUT2D eigenvalue weighted by molar-refractivity contribution is 0.0971. The van der Waals surface area contributed by atoms with Crippen LogP contribution in [0.2, 0.25) is 0 Å². The first-order valence-electron chi connectivity index (χ1n) is 7.06. The molecule has 0 saturated heterocycles. The molecule has 0 heterocycles. The van der Waals surface area contributed by atoms with Gasteiger partial charge in [-0.05, 0) is 13.3 Å². The number of alkyl halides is 3. The first-order valence-corrected chi connectivity index (χ1v) is 8.19. The minimum atomic E-state index is -1.69. The summed E-state index contributed by atoms with van der Waals surface area (Å²) >= 11 is 16.4. The van der Waals surface area contributed by atoms with Crippen molar-refractivity contribution in [2.24, 2.45) is 0 Å². The highest BCUT2D eigenvalue weighted by molar-refractivity contribution is 6.67. The van der Waals surface area contributed by atoms with Crippen molar-refractivity contribution < 1.29 is 19.1 Å². The standard InChI is InChI=1S/C16H14Cl3NO4/c1-9-10(6-7-20-15(23)24-8-16(17,18)19)14(22)12-5-3-2-4-11(12)13(9)21/h2-5H,6-8H2,1H3,(H,20,23). The number of Topliss-reactive ketones (excluding diaryl/α,β-unsaturated/α-hetero) is 2. The smallest absolute Gasteiger partial charge is 0.407 e. The Morgan fingerprint density at radius 2 is 1.71 bits per heavy atom. The number of hydrogen-bond acceptors (Lipinski definition) is 4. The molecule has 0 bridgehead atoms. The zero-order chi connectivity index (χ0) is 17.9. The van der Waals surface area contributed by atoms with Gasteiger partial charge in [0.2, 0.25) is 3.79 Å². The van der Waals surface area contributed by atoms with Gasteiger partial charge < -0.3 is 10.1 Å². The zero-order valence-electron chi connectivity index (χ0n) is 12.7. The Hall–Kier alpha value is -1.56. The predicted molar refractivity (Wildman–Crippen MR) is 92.1 cm³/mol. The van der Waals surface area contributed by atoms with Gasteiger partial charge in [-0.25, -0.2) is 4.79 Å². The highest BCUT2D eigenvalue weighted by atomic mass is 35.6. The molecule has 1 N–H and O–H groups in total. The Morgan fingerprint density at radius 1 is 1.12 bits per heavy atom. The number of nitrogens with one attached hydrogen (secondary N) is 1. The van der Waals surface area contributed by atoms with Crippen LogP contribution in [0.1, 0.15) is 34.1 Å². The van der Waals surface area contributed by atoms with Crippen molar-refractivity contribution in [2.75, 3.05) is 13.2 Å². The maximum absolute atomic E-state index is 12.5. The van der Waals surface area contributed by atoms with Crippen LogP contribution in [0.3, 0.4) is 0 Å². The Balaban J connectivity index is 1.98. The molecule has 0 fully saturated rings. The first-order chi connectivity index (χ1) is 11.2. The van der Waals surface area contributed by atoms with Crippen LogP contribution in [0.5, 0.6) is 0 Å². The summed E-state index contributed by atoms with van der Waals surface area (Å²) in [6.07, 6.45) is -0.567. The van der Waals surface area contributed by atoms with E-state index in [4.69, 9.17) is 39.5 Å². The van der Waals surface area contributed by atoms with Crippen molar-refractivity contribution in [3.63, 3.8) is 0 Å². The number of amides is 1. The molecule has 24 heavy (non-hydrogen) atoms. The summed E-state index contributed by atoms with van der Waals surface area (Å²) in [5.74, 6) is -0.391. The maximum atomic E-state index is 12.5. The third-order valence-electron chi connectivity index (χ3n) is 3.49. The molecule has 1 amide bonds. The van der Waals surface area contributed by atoms with Crippen molar-refractivity contribution in [1.82, 2.24) is 5.32 Å². The van der Waals surface area contributed by atoms with Crippen LogP contribution < -0.4 is 5.32 Å². The summed E-state index contributed by atoms with van der Waals surface area (Å²) in [7, 11) is 0. The molecule has 0 atom stereocenters. The Kier molecular flexibility index (Phi) is 5.91. The highest BCUT2D eigenvalue weighted by Crippen LogP contribution is 2.28. The third kappa shape index (κ3) is 4.50. The topological polar surface area (TPSA) is 72.5 Å². The average molecular weight is 391 g/mol. The number of carbonyl (C=O) groups excluding carboxylic acids is 3. The molecule has 5 nitrogen and oxygen atoms in total. The van der Waals surface area contributed by atoms with Crippen LogP contribution in [0, 0.1) is 0 Å². The molecule has 0 aromatic heterocycles. The fraction of sp³-hybridized carbons (Fsp3) is 0.312. The van der Waals surface area contributed by atoms with Crippen molar-refractivity contribution in [1.29, 1.82) is 0 Å². The van der Waals surface area contributed by atoms with Crippen LogP contribution in [-0.2, 0) is 4.74 Å². The molecule has 0 saturated carbocycles. The number of alkyl carbamates (subject to hydrolysis) is 1. The van der Waals surface area contributed by atoms with E-state index in [-0.39, 0.29) is 24.5 Å². The monoisotopic (exact) mass is 389 g/mol. The number of halogens is 3. The molecule has 0 aliphatic heterocycles. The Bertz CT molecular complexity index is 722. The number of hydrogen-bond donors (Lipinski definition) is 1. The van der Waals surface area contributed by atoms with Gasteiger partial charge in [-0.1, -0.05) is 59.1 Å². The fourth-order valence-corrected chi connectivity index (χ4v) is 2.50. The molecule has 0 radical (unpaired) electrons. The molecule has 0 unspecified atom stereocenters. The van der Waals surface area contributed by atoms with E-state index >= 15 is 0 Å². The second-order valence-electron chi connectivity index (χ2n) is 5.18. The summed E-state index contributed by atoms with van der Waals surface area (Å²) in [5, 5.41) is 2.45. The lowest BCUT2D eigenvalue weighted by atomic mass is 9.83. The lowest BCUT2D eigenvalue weighted by Gasteiger charge is -2.19. The molecular formula is C16H14Cl3NO4. The minimum absolute atomic E-state index is 0.118. The Morgan fingerprint density at radius 3 is 2.29 bits per heavy atom. The van der Waals surface area contributed by atoms with Gasteiger partial charge in [-0.2, -0.15) is 0 Å². The number of allylic oxidation sites excluding steroid dienone is 1. The first kappa shape index (κ1) is 18.8. The van der Waals surface area contributed by atoms with Crippen molar-refractivity contribution >= 4 is 52.5 Å². The maximum Gasteiger partial charge on any atom is 0.407 e. The summed E-state index contributed by atoms with van der Waals surface area (Å²) in [4.78, 5) is 36.3. The number of rotatable bonds is 4. The van der Waals surface area contributed by atoms with E-state index < -0.39 is 16.5 Å². The van der Waals surface area contributed by atoms with Crippen LogP contribution in [0.25, 0.3) is 0 Å². The molecule has 2 rings (SSSR count). The van der Waals surface area contributed by atoms with E-state index in [1.54, 1.807) is 31.2 Å². The second-order valence-corrected chi connectivity index (χ2v) is 7.69. The normalized spacial score (nSPS) is 14.5. The Labute approximate surface area is 153 Å². The number of carbonyl (C=O) groups is 3. The summed E-state index contributed by atoms with van der Waals surface area (Å²) < 4.78 is 3.02. The van der Waals surface area contributed by atoms with Crippen LogP contribution in [0.15, 0.2) is 35.4 Å². The molecule has 128 valence electrons. The van der Waals surface area contributed by atoms with Gasteiger partial charge in [0.05, 0.1) is 0 Å². The number of benzene rings is 1. The van der Waals surface area contributed by atoms with Crippen molar-refractivity contribution in [2.45, 2.75) is 17.1 Å². The van der Waals surface area contributed by atoms with Gasteiger partial charge in [-0.3, -0.25) is 9.59 Å². The number of fused-ring (bicyclic) bond motifs is 1. The number of ether oxygens (including phenoxy) is 1. The van der Waals surface area contributed by atoms with Gasteiger partial charge in [0.15, 0.2) is 11.6 Å². The second kappa shape index (κ2) is 7.55. The number of ketones is 2. The van der Waals surface area contributed by atoms with Gasteiger partial charge in [0.1, 0.15) is 6.61 Å². The van der Waals surface area contributed by atoms with E-state index in [1.165, 1.54) is 0 Å². The molecule has 1 aromatic rings. The van der Waals surface area contributed by atoms with Crippen molar-refractivity contribution in [3.8, 4) is 0 Å². The summed E-state index contributed by atoms with van der Waals surface area (Å²) in [6.45, 7) is 1.33. The molecule has 0 spiro atoms. The van der Waals surface area contributed by atoms with Gasteiger partial charge in [0, 0.05) is 28.8 Å². The van der Waals surface area contributed by atoms with Crippen molar-refractivity contribution in [3.05, 3.63) is 46.5 Å². The van der Waals surface area contributed by atoms with Crippen LogP contribution in [0.4, 0.5) is 4.79 Å². The lowest BCUT2D eigenvalue weighted by Crippen LogP contribution is -2.30. The zero-order valence-corrected chi connectivity index (χ0v) is 15.0. The molecule has 1 aliphatic rings. The van der Waals surface area contributed by atoms with E-state index in [9.17, 15) is 14.4 Å². The highest BCUT2D eigenvalue weighted by Gasteiger charge is 2.29. The average Bonchev–Trinajstić information content (AvgIpc) is 2.53. The van der Waals surface area contributed by atoms with E-state index in [1.807, 2.05) is 0 Å². The summed E-state index contributed by atoms with van der Waals surface area (Å²) in [5.41, 5.74) is 1.54. The van der Waals surface area contributed by atoms with Gasteiger partial charge in [-0.15, -0.1) is 0 Å². The molecular weight excluding hydrogens is 377 g/mol. The van der Waals surface area contributed by atoms with E-state index in [0.717, 1.165) is 0 Å².